The molecule has 6 nitrogen and oxygen atoms in total. The molecule has 22 heavy (non-hydrogen) atoms. The van der Waals surface area contributed by atoms with Crippen molar-refractivity contribution in [3.63, 3.8) is 0 Å². The van der Waals surface area contributed by atoms with Crippen LogP contribution in [0, 0.1) is 5.92 Å². The molecule has 7 heteroatoms. The lowest BCUT2D eigenvalue weighted by Crippen LogP contribution is -2.50. The number of imide groups is 1. The number of piperidine rings is 1. The van der Waals surface area contributed by atoms with Gasteiger partial charge >= 0.3 is 6.03 Å². The number of urea groups is 1. The summed E-state index contributed by atoms with van der Waals surface area (Å²) < 4.78 is 0. The number of amides is 3. The van der Waals surface area contributed by atoms with Gasteiger partial charge in [-0.25, -0.2) is 4.79 Å². The van der Waals surface area contributed by atoms with Crippen LogP contribution in [0.3, 0.4) is 0 Å². The Kier molecular flexibility index (Phi) is 7.59. The maximum absolute atomic E-state index is 11.9. The first-order valence-corrected chi connectivity index (χ1v) is 7.98. The molecular formula is C15H29ClN4O2. The van der Waals surface area contributed by atoms with Crippen molar-refractivity contribution < 1.29 is 9.59 Å². The summed E-state index contributed by atoms with van der Waals surface area (Å²) in [7, 11) is 1.97. The van der Waals surface area contributed by atoms with Crippen LogP contribution < -0.4 is 16.0 Å². The van der Waals surface area contributed by atoms with Crippen molar-refractivity contribution in [1.82, 2.24) is 20.9 Å². The summed E-state index contributed by atoms with van der Waals surface area (Å²) in [4.78, 5) is 25.5. The van der Waals surface area contributed by atoms with Gasteiger partial charge < -0.3 is 10.6 Å². The predicted molar refractivity (Wildman–Crippen MR) is 89.2 cm³/mol. The highest BCUT2D eigenvalue weighted by Crippen LogP contribution is 2.28. The molecule has 2 bridgehead atoms. The molecule has 2 rings (SSSR count). The number of likely N-dealkylation sites (N-methyl/N-ethyl adjacent to an activating group) is 1. The van der Waals surface area contributed by atoms with Crippen LogP contribution in [0.2, 0.25) is 0 Å². The van der Waals surface area contributed by atoms with Crippen LogP contribution in [0.5, 0.6) is 0 Å². The van der Waals surface area contributed by atoms with E-state index in [0.29, 0.717) is 30.6 Å². The number of hydrogen-bond acceptors (Lipinski definition) is 4. The lowest BCUT2D eigenvalue weighted by molar-refractivity contribution is -0.121. The Morgan fingerprint density at radius 3 is 2.36 bits per heavy atom. The standard InChI is InChI=1S/C15H28N4O2.ClH/c1-10(2)8-16-15(21)18-14(20)9-19(3)13-6-11-4-5-12(7-13)17-11;/h10-13,17H,4-9H2,1-3H3,(H2,16,18,20,21);1H. The number of nitrogens with one attached hydrogen (secondary N) is 3. The molecule has 2 aliphatic heterocycles. The van der Waals surface area contributed by atoms with Gasteiger partial charge in [0.2, 0.25) is 5.91 Å². The second-order valence-corrected chi connectivity index (χ2v) is 6.83. The Hall–Kier alpha value is -0.850. The number of fused-ring (bicyclic) bond motifs is 2. The number of carbonyl (C=O) groups excluding carboxylic acids is 2. The molecule has 0 saturated carbocycles. The minimum Gasteiger partial charge on any atom is -0.338 e. The summed E-state index contributed by atoms with van der Waals surface area (Å²) >= 11 is 0. The van der Waals surface area contributed by atoms with E-state index in [1.807, 2.05) is 20.9 Å². The van der Waals surface area contributed by atoms with E-state index in [1.54, 1.807) is 0 Å². The van der Waals surface area contributed by atoms with Crippen LogP contribution in [0.15, 0.2) is 0 Å². The molecule has 0 radical (unpaired) electrons. The van der Waals surface area contributed by atoms with Crippen LogP contribution in [0.25, 0.3) is 0 Å². The fraction of sp³-hybridized carbons (Fsp3) is 0.867. The van der Waals surface area contributed by atoms with Gasteiger partial charge in [-0.2, -0.15) is 0 Å². The molecule has 0 aliphatic carbocycles. The van der Waals surface area contributed by atoms with Crippen molar-refractivity contribution in [2.75, 3.05) is 20.1 Å². The zero-order chi connectivity index (χ0) is 15.4. The lowest BCUT2D eigenvalue weighted by Gasteiger charge is -2.35. The molecule has 2 aliphatic rings. The maximum Gasteiger partial charge on any atom is 0.321 e. The van der Waals surface area contributed by atoms with Crippen molar-refractivity contribution in [3.8, 4) is 0 Å². The summed E-state index contributed by atoms with van der Waals surface area (Å²) in [6, 6.07) is 1.25. The third kappa shape index (κ3) is 5.74. The second-order valence-electron chi connectivity index (χ2n) is 6.83. The van der Waals surface area contributed by atoms with Crippen LogP contribution in [-0.2, 0) is 4.79 Å². The van der Waals surface area contributed by atoms with Crippen molar-refractivity contribution in [2.45, 2.75) is 57.7 Å². The van der Waals surface area contributed by atoms with Gasteiger partial charge in [0.1, 0.15) is 0 Å². The van der Waals surface area contributed by atoms with Gasteiger partial charge in [0.05, 0.1) is 6.54 Å². The first-order chi connectivity index (χ1) is 9.94. The summed E-state index contributed by atoms with van der Waals surface area (Å²) in [5.41, 5.74) is 0. The molecule has 2 heterocycles. The third-order valence-electron chi connectivity index (χ3n) is 4.39. The summed E-state index contributed by atoms with van der Waals surface area (Å²) in [5, 5.41) is 8.68. The molecule has 2 saturated heterocycles. The topological polar surface area (TPSA) is 73.5 Å². The van der Waals surface area contributed by atoms with Gasteiger partial charge in [-0.3, -0.25) is 15.0 Å². The zero-order valence-electron chi connectivity index (χ0n) is 13.7. The van der Waals surface area contributed by atoms with Crippen LogP contribution >= 0.6 is 12.4 Å². The van der Waals surface area contributed by atoms with E-state index in [-0.39, 0.29) is 24.9 Å². The quantitative estimate of drug-likeness (QED) is 0.705. The fourth-order valence-corrected chi connectivity index (χ4v) is 3.25. The van der Waals surface area contributed by atoms with Crippen molar-refractivity contribution >= 4 is 24.3 Å². The maximum atomic E-state index is 11.9. The molecular weight excluding hydrogens is 304 g/mol. The largest absolute Gasteiger partial charge is 0.338 e. The Bertz CT molecular complexity index is 380. The average molecular weight is 333 g/mol. The second kappa shape index (κ2) is 8.70. The number of halogens is 1. The smallest absolute Gasteiger partial charge is 0.321 e. The first kappa shape index (κ1) is 19.2. The van der Waals surface area contributed by atoms with E-state index in [1.165, 1.54) is 12.8 Å². The molecule has 3 N–H and O–H groups in total. The normalized spacial score (nSPS) is 26.7. The number of rotatable bonds is 5. The summed E-state index contributed by atoms with van der Waals surface area (Å²) in [5.74, 6) is 0.142. The van der Waals surface area contributed by atoms with E-state index in [9.17, 15) is 9.59 Å². The molecule has 0 aromatic heterocycles. The van der Waals surface area contributed by atoms with Crippen molar-refractivity contribution in [2.24, 2.45) is 5.92 Å². The fourth-order valence-electron chi connectivity index (χ4n) is 3.25. The van der Waals surface area contributed by atoms with E-state index in [4.69, 9.17) is 0 Å². The highest BCUT2D eigenvalue weighted by Gasteiger charge is 2.35. The van der Waals surface area contributed by atoms with Gasteiger partial charge in [0, 0.05) is 24.7 Å². The SMILES string of the molecule is CC(C)CNC(=O)NC(=O)CN(C)C1CC2CCC(C1)N2.Cl. The Morgan fingerprint density at radius 2 is 1.82 bits per heavy atom. The molecule has 0 spiro atoms. The highest BCUT2D eigenvalue weighted by atomic mass is 35.5. The Morgan fingerprint density at radius 1 is 1.23 bits per heavy atom. The molecule has 128 valence electrons. The van der Waals surface area contributed by atoms with Crippen LogP contribution in [0.1, 0.15) is 39.5 Å². The molecule has 2 unspecified atom stereocenters. The lowest BCUT2D eigenvalue weighted by atomic mass is 9.98. The zero-order valence-corrected chi connectivity index (χ0v) is 14.5. The number of nitrogens with zero attached hydrogens (tertiary/aromatic N) is 1. The van der Waals surface area contributed by atoms with Gasteiger partial charge in [-0.05, 0) is 38.6 Å². The average Bonchev–Trinajstić information content (AvgIpc) is 2.74. The summed E-state index contributed by atoms with van der Waals surface area (Å²) in [6.45, 7) is 4.88. The third-order valence-corrected chi connectivity index (χ3v) is 4.39. The van der Waals surface area contributed by atoms with Crippen molar-refractivity contribution in [3.05, 3.63) is 0 Å². The highest BCUT2D eigenvalue weighted by molar-refractivity contribution is 5.95. The van der Waals surface area contributed by atoms with Gasteiger partial charge in [0.25, 0.3) is 0 Å². The Balaban J connectivity index is 0.00000242. The predicted octanol–water partition coefficient (Wildman–Crippen LogP) is 1.10. The number of carbonyl (C=O) groups is 2. The first-order valence-electron chi connectivity index (χ1n) is 7.98. The molecule has 0 aromatic rings. The minimum atomic E-state index is -0.396. The van der Waals surface area contributed by atoms with Crippen LogP contribution in [0.4, 0.5) is 4.79 Å². The molecule has 2 atom stereocenters. The molecule has 3 amide bonds. The molecule has 0 aromatic carbocycles. The van der Waals surface area contributed by atoms with E-state index in [2.05, 4.69) is 20.9 Å². The monoisotopic (exact) mass is 332 g/mol. The Labute approximate surface area is 139 Å². The van der Waals surface area contributed by atoms with Gasteiger partial charge in [-0.15, -0.1) is 12.4 Å². The summed E-state index contributed by atoms with van der Waals surface area (Å²) in [6.07, 6.45) is 4.69. The molecule has 2 fully saturated rings. The number of hydrogen-bond donors (Lipinski definition) is 3. The van der Waals surface area contributed by atoms with Crippen LogP contribution in [-0.4, -0.2) is 55.1 Å². The van der Waals surface area contributed by atoms with E-state index >= 15 is 0 Å². The van der Waals surface area contributed by atoms with Crippen molar-refractivity contribution in [1.29, 1.82) is 0 Å². The van der Waals surface area contributed by atoms with E-state index < -0.39 is 6.03 Å². The minimum absolute atomic E-state index is 0. The van der Waals surface area contributed by atoms with Gasteiger partial charge in [0.15, 0.2) is 0 Å². The van der Waals surface area contributed by atoms with E-state index in [0.717, 1.165) is 12.8 Å². The van der Waals surface area contributed by atoms with Gasteiger partial charge in [-0.1, -0.05) is 13.8 Å².